The van der Waals surface area contributed by atoms with E-state index in [2.05, 4.69) is 5.32 Å². The summed E-state index contributed by atoms with van der Waals surface area (Å²) in [6, 6.07) is 5.84. The van der Waals surface area contributed by atoms with Gasteiger partial charge in [0.25, 0.3) is 0 Å². The number of carbonyl (C=O) groups is 1. The van der Waals surface area contributed by atoms with Crippen molar-refractivity contribution in [1.82, 2.24) is 5.32 Å². The van der Waals surface area contributed by atoms with Crippen LogP contribution in [0.15, 0.2) is 30.3 Å². The summed E-state index contributed by atoms with van der Waals surface area (Å²) < 4.78 is 11.4. The van der Waals surface area contributed by atoms with Gasteiger partial charge in [-0.2, -0.15) is 0 Å². The van der Waals surface area contributed by atoms with Gasteiger partial charge in [-0.25, -0.2) is 0 Å². The molecule has 11 atom stereocenters. The monoisotopic (exact) mass is 469 g/mol. The standard InChI is InChI=1S/C21H35N5O7/c22-10-7-11(23)19(18(30)15(10)27)33-21-14(25)17(29)16(28)13(32-21)8-26-20(31)12(24)6-9-4-2-1-3-5-9/h1-5,10-19,21,27-30H,6-8,22-25H2,(H,26,31)/t10-,11+,12+,13-,14-,15+,16-,17-,18-,19-,21-/m1/s1. The maximum Gasteiger partial charge on any atom is 0.237 e. The van der Waals surface area contributed by atoms with Gasteiger partial charge in [0.05, 0.1) is 18.2 Å². The minimum absolute atomic E-state index is 0.168. The molecule has 0 unspecified atom stereocenters. The van der Waals surface area contributed by atoms with Gasteiger partial charge in [0.1, 0.15) is 30.5 Å². The first-order valence-electron chi connectivity index (χ1n) is 11.0. The van der Waals surface area contributed by atoms with Crippen LogP contribution in [0.5, 0.6) is 0 Å². The molecule has 12 nitrogen and oxygen atoms in total. The number of benzene rings is 1. The topological polar surface area (TPSA) is 233 Å². The van der Waals surface area contributed by atoms with Crippen LogP contribution in [0.4, 0.5) is 0 Å². The van der Waals surface area contributed by atoms with Gasteiger partial charge in [-0.05, 0) is 18.4 Å². The average Bonchev–Trinajstić information content (AvgIpc) is 2.79. The van der Waals surface area contributed by atoms with Crippen molar-refractivity contribution in [3.8, 4) is 0 Å². The number of carbonyl (C=O) groups excluding carboxylic acids is 1. The molecule has 186 valence electrons. The third kappa shape index (κ3) is 6.05. The molecule has 2 aliphatic rings. The highest BCUT2D eigenvalue weighted by atomic mass is 16.7. The molecule has 1 amide bonds. The lowest BCUT2D eigenvalue weighted by Gasteiger charge is -2.45. The Labute approximate surface area is 191 Å². The van der Waals surface area contributed by atoms with E-state index in [9.17, 15) is 25.2 Å². The summed E-state index contributed by atoms with van der Waals surface area (Å²) in [5, 5.41) is 43.7. The number of ether oxygens (including phenoxy) is 2. The predicted octanol–water partition coefficient (Wildman–Crippen LogP) is -4.39. The zero-order valence-electron chi connectivity index (χ0n) is 18.2. The quantitative estimate of drug-likeness (QED) is 0.185. The normalized spacial score (nSPS) is 40.2. The van der Waals surface area contributed by atoms with Crippen LogP contribution in [-0.2, 0) is 20.7 Å². The fraction of sp³-hybridized carbons (Fsp3) is 0.667. The highest BCUT2D eigenvalue weighted by Crippen LogP contribution is 2.27. The number of hydrogen-bond donors (Lipinski definition) is 9. The average molecular weight is 470 g/mol. The van der Waals surface area contributed by atoms with Gasteiger partial charge in [-0.1, -0.05) is 30.3 Å². The van der Waals surface area contributed by atoms with Crippen LogP contribution in [0.2, 0.25) is 0 Å². The summed E-state index contributed by atoms with van der Waals surface area (Å²) >= 11 is 0. The van der Waals surface area contributed by atoms with Crippen molar-refractivity contribution in [2.45, 2.75) is 79.9 Å². The minimum Gasteiger partial charge on any atom is -0.389 e. The highest BCUT2D eigenvalue weighted by Gasteiger charge is 2.48. The second kappa shape index (κ2) is 11.1. The number of nitrogens with one attached hydrogen (secondary N) is 1. The van der Waals surface area contributed by atoms with Gasteiger partial charge in [-0.15, -0.1) is 0 Å². The number of aliphatic hydroxyl groups is 4. The molecule has 1 aromatic rings. The predicted molar refractivity (Wildman–Crippen MR) is 117 cm³/mol. The van der Waals surface area contributed by atoms with Crippen molar-refractivity contribution in [2.75, 3.05) is 6.54 Å². The Morgan fingerprint density at radius 1 is 1.03 bits per heavy atom. The molecule has 0 spiro atoms. The van der Waals surface area contributed by atoms with Gasteiger partial charge >= 0.3 is 0 Å². The van der Waals surface area contributed by atoms with Crippen molar-refractivity contribution in [2.24, 2.45) is 22.9 Å². The molecule has 2 fully saturated rings. The molecule has 13 N–H and O–H groups in total. The van der Waals surface area contributed by atoms with Crippen LogP contribution in [0.1, 0.15) is 12.0 Å². The van der Waals surface area contributed by atoms with E-state index in [-0.39, 0.29) is 13.0 Å². The van der Waals surface area contributed by atoms with E-state index in [1.807, 2.05) is 30.3 Å². The summed E-state index contributed by atoms with van der Waals surface area (Å²) in [7, 11) is 0. The van der Waals surface area contributed by atoms with E-state index in [1.54, 1.807) is 0 Å². The van der Waals surface area contributed by atoms with Crippen LogP contribution in [-0.4, -0.2) is 100.0 Å². The molecule has 1 aromatic carbocycles. The SMILES string of the molecule is N[C@H]1[C@@H](O[C@H]2[C@H](O)[C@@H](O)[C@H](N)C[C@@H]2N)O[C@H](CNC(=O)[C@@H](N)Cc2ccccc2)[C@@H](O)[C@@H]1O. The van der Waals surface area contributed by atoms with Gasteiger partial charge in [0.2, 0.25) is 5.91 Å². The lowest BCUT2D eigenvalue weighted by atomic mass is 9.84. The first-order valence-corrected chi connectivity index (χ1v) is 11.0. The second-order valence-corrected chi connectivity index (χ2v) is 8.79. The molecular weight excluding hydrogens is 434 g/mol. The molecule has 1 saturated carbocycles. The van der Waals surface area contributed by atoms with Crippen LogP contribution in [0, 0.1) is 0 Å². The number of amides is 1. The van der Waals surface area contributed by atoms with Crippen molar-refractivity contribution < 1.29 is 34.7 Å². The van der Waals surface area contributed by atoms with E-state index >= 15 is 0 Å². The maximum atomic E-state index is 12.4. The lowest BCUT2D eigenvalue weighted by Crippen LogP contribution is -2.67. The maximum absolute atomic E-state index is 12.4. The zero-order chi connectivity index (χ0) is 24.3. The Morgan fingerprint density at radius 2 is 1.70 bits per heavy atom. The first kappa shape index (κ1) is 25.9. The molecule has 3 rings (SSSR count). The van der Waals surface area contributed by atoms with Crippen molar-refractivity contribution in [1.29, 1.82) is 0 Å². The summed E-state index contributed by atoms with van der Waals surface area (Å²) in [6.07, 6.45) is -8.38. The summed E-state index contributed by atoms with van der Waals surface area (Å²) in [6.45, 7) is -0.168. The fourth-order valence-electron chi connectivity index (χ4n) is 4.16. The Morgan fingerprint density at radius 3 is 2.36 bits per heavy atom. The smallest absolute Gasteiger partial charge is 0.237 e. The lowest BCUT2D eigenvalue weighted by molar-refractivity contribution is -0.288. The van der Waals surface area contributed by atoms with Crippen molar-refractivity contribution in [3.05, 3.63) is 35.9 Å². The molecule has 33 heavy (non-hydrogen) atoms. The molecule has 1 aliphatic heterocycles. The van der Waals surface area contributed by atoms with Crippen LogP contribution >= 0.6 is 0 Å². The summed E-state index contributed by atoms with van der Waals surface area (Å²) in [4.78, 5) is 12.4. The fourth-order valence-corrected chi connectivity index (χ4v) is 4.16. The number of hydrogen-bond acceptors (Lipinski definition) is 11. The summed E-state index contributed by atoms with van der Waals surface area (Å²) in [5.74, 6) is -0.460. The molecular formula is C21H35N5O7. The molecule has 12 heteroatoms. The number of rotatable bonds is 7. The van der Waals surface area contributed by atoms with Crippen LogP contribution in [0.3, 0.4) is 0 Å². The van der Waals surface area contributed by atoms with E-state index in [0.717, 1.165) is 5.56 Å². The Balaban J connectivity index is 1.59. The Hall–Kier alpha value is -1.71. The molecule has 1 heterocycles. The van der Waals surface area contributed by atoms with Gasteiger partial charge < -0.3 is 58.2 Å². The molecule has 0 aromatic heterocycles. The van der Waals surface area contributed by atoms with Gasteiger partial charge in [0, 0.05) is 18.6 Å². The highest BCUT2D eigenvalue weighted by molar-refractivity contribution is 5.81. The van der Waals surface area contributed by atoms with Crippen molar-refractivity contribution in [3.63, 3.8) is 0 Å². The Bertz CT molecular complexity index is 775. The van der Waals surface area contributed by atoms with Gasteiger partial charge in [-0.3, -0.25) is 4.79 Å². The van der Waals surface area contributed by atoms with Gasteiger partial charge in [0.15, 0.2) is 6.29 Å². The third-order valence-electron chi connectivity index (χ3n) is 6.24. The Kier molecular flexibility index (Phi) is 8.75. The molecule has 1 saturated heterocycles. The van der Waals surface area contributed by atoms with Crippen molar-refractivity contribution >= 4 is 5.91 Å². The largest absolute Gasteiger partial charge is 0.389 e. The second-order valence-electron chi connectivity index (χ2n) is 8.79. The summed E-state index contributed by atoms with van der Waals surface area (Å²) in [5.41, 5.74) is 24.6. The molecule has 0 bridgehead atoms. The molecule has 1 aliphatic carbocycles. The van der Waals surface area contributed by atoms with Crippen LogP contribution < -0.4 is 28.3 Å². The van der Waals surface area contributed by atoms with Crippen LogP contribution in [0.25, 0.3) is 0 Å². The van der Waals surface area contributed by atoms with E-state index in [4.69, 9.17) is 32.4 Å². The number of aliphatic hydroxyl groups excluding tert-OH is 4. The zero-order valence-corrected chi connectivity index (χ0v) is 18.2. The van der Waals surface area contributed by atoms with E-state index < -0.39 is 73.0 Å². The minimum atomic E-state index is -1.44. The first-order chi connectivity index (χ1) is 15.6. The van der Waals surface area contributed by atoms with E-state index in [1.165, 1.54) is 0 Å². The number of nitrogens with two attached hydrogens (primary N) is 4. The van der Waals surface area contributed by atoms with E-state index in [0.29, 0.717) is 6.42 Å². The third-order valence-corrected chi connectivity index (χ3v) is 6.24. The molecule has 0 radical (unpaired) electrons.